The second-order valence-electron chi connectivity index (χ2n) is 8.00. The van der Waals surface area contributed by atoms with Gasteiger partial charge in [-0.05, 0) is 60.7 Å². The first-order chi connectivity index (χ1) is 19.0. The molecule has 2 aromatic carbocycles. The van der Waals surface area contributed by atoms with E-state index in [0.29, 0.717) is 44.8 Å². The number of aromatic nitrogens is 4. The molecule has 0 fully saturated rings. The number of halogens is 3. The Kier molecular flexibility index (Phi) is 7.48. The highest BCUT2D eigenvalue weighted by molar-refractivity contribution is 6.30. The van der Waals surface area contributed by atoms with E-state index in [2.05, 4.69) is 19.9 Å². The van der Waals surface area contributed by atoms with E-state index < -0.39 is 11.6 Å². The lowest BCUT2D eigenvalue weighted by Gasteiger charge is -1.97. The van der Waals surface area contributed by atoms with E-state index in [-0.39, 0.29) is 11.5 Å². The van der Waals surface area contributed by atoms with Crippen molar-refractivity contribution < 1.29 is 17.6 Å². The molecule has 190 valence electrons. The van der Waals surface area contributed by atoms with Crippen LogP contribution in [0.5, 0.6) is 0 Å². The summed E-state index contributed by atoms with van der Waals surface area (Å²) < 4.78 is 37.3. The number of rotatable bonds is 4. The fraction of sp³-hybridized carbons (Fsp3) is 0. The number of oxazole rings is 2. The number of pyridine rings is 2. The van der Waals surface area contributed by atoms with Crippen LogP contribution in [-0.2, 0) is 0 Å². The molecule has 6 rings (SSSR count). The fourth-order valence-corrected chi connectivity index (χ4v) is 3.75. The van der Waals surface area contributed by atoms with Gasteiger partial charge < -0.3 is 8.83 Å². The van der Waals surface area contributed by atoms with Crippen LogP contribution in [0.3, 0.4) is 0 Å². The highest BCUT2D eigenvalue weighted by Crippen LogP contribution is 2.27. The third kappa shape index (κ3) is 6.21. The third-order valence-electron chi connectivity index (χ3n) is 5.25. The average molecular weight is 540 g/mol. The van der Waals surface area contributed by atoms with Crippen molar-refractivity contribution in [1.29, 1.82) is 5.26 Å². The maximum absolute atomic E-state index is 13.4. The quantitative estimate of drug-likeness (QED) is 0.227. The zero-order valence-electron chi connectivity index (χ0n) is 19.9. The van der Waals surface area contributed by atoms with Gasteiger partial charge >= 0.3 is 0 Å². The molecule has 10 heteroatoms. The molecule has 0 radical (unpaired) electrons. The molecule has 0 aliphatic carbocycles. The molecule has 0 saturated heterocycles. The third-order valence-corrected chi connectivity index (χ3v) is 5.46. The van der Waals surface area contributed by atoms with E-state index in [1.807, 2.05) is 30.3 Å². The van der Waals surface area contributed by atoms with Crippen LogP contribution in [0, 0.1) is 23.0 Å². The molecule has 4 heterocycles. The number of hydrogen-bond donors (Lipinski definition) is 0. The van der Waals surface area contributed by atoms with Gasteiger partial charge in [-0.1, -0.05) is 23.7 Å². The molecule has 0 atom stereocenters. The smallest absolute Gasteiger partial charge is 0.226 e. The lowest BCUT2D eigenvalue weighted by molar-refractivity contribution is 0.572. The Morgan fingerprint density at radius 3 is 1.69 bits per heavy atom. The van der Waals surface area contributed by atoms with E-state index in [1.165, 1.54) is 36.8 Å². The molecule has 0 aliphatic heterocycles. The molecular weight excluding hydrogens is 524 g/mol. The van der Waals surface area contributed by atoms with Gasteiger partial charge in [-0.3, -0.25) is 9.97 Å². The minimum atomic E-state index is -0.503. The van der Waals surface area contributed by atoms with Gasteiger partial charge in [-0.15, -0.1) is 0 Å². The number of benzene rings is 2. The van der Waals surface area contributed by atoms with Crippen molar-refractivity contribution in [1.82, 2.24) is 19.9 Å². The minimum absolute atomic E-state index is 0.220. The van der Waals surface area contributed by atoms with Crippen LogP contribution < -0.4 is 0 Å². The first-order valence-electron chi connectivity index (χ1n) is 11.4. The molecular formula is C29H16ClF2N5O2. The molecule has 7 nitrogen and oxygen atoms in total. The zero-order valence-corrected chi connectivity index (χ0v) is 20.7. The summed E-state index contributed by atoms with van der Waals surface area (Å²) in [7, 11) is 0. The highest BCUT2D eigenvalue weighted by atomic mass is 35.5. The van der Waals surface area contributed by atoms with Gasteiger partial charge in [0.2, 0.25) is 11.8 Å². The van der Waals surface area contributed by atoms with E-state index in [4.69, 9.17) is 25.7 Å². The van der Waals surface area contributed by atoms with Crippen LogP contribution in [0.1, 0.15) is 5.56 Å². The number of nitrogens with zero attached hydrogens (tertiary/aromatic N) is 5. The Labute approximate surface area is 226 Å². The standard InChI is InChI=1S/C15H8FN3O.C14H8ClFN2O/c16-12-6-10(8-17)5-11(7-12)15-19-14(9-20-15)13-3-1-2-4-18-13;15-10-5-9(6-11(16)7-10)14-18-13(8-19-14)12-3-1-2-4-17-12/h1-7,9H;1-8H. The Balaban J connectivity index is 0.000000158. The van der Waals surface area contributed by atoms with Crippen molar-refractivity contribution in [3.63, 3.8) is 0 Å². The molecule has 0 bridgehead atoms. The van der Waals surface area contributed by atoms with E-state index in [0.717, 1.165) is 6.07 Å². The van der Waals surface area contributed by atoms with Crippen molar-refractivity contribution in [2.75, 3.05) is 0 Å². The molecule has 0 N–H and O–H groups in total. The van der Waals surface area contributed by atoms with Crippen molar-refractivity contribution >= 4 is 11.6 Å². The summed E-state index contributed by atoms with van der Waals surface area (Å²) in [5, 5.41) is 9.14. The first kappa shape index (κ1) is 25.4. The molecule has 0 aliphatic rings. The van der Waals surface area contributed by atoms with Crippen LogP contribution in [0.4, 0.5) is 8.78 Å². The van der Waals surface area contributed by atoms with Crippen LogP contribution in [0.25, 0.3) is 45.7 Å². The van der Waals surface area contributed by atoms with Gasteiger partial charge in [0.25, 0.3) is 0 Å². The fourth-order valence-electron chi connectivity index (χ4n) is 3.53. The van der Waals surface area contributed by atoms with Gasteiger partial charge in [-0.25, -0.2) is 18.7 Å². The van der Waals surface area contributed by atoms with Crippen molar-refractivity contribution in [3.8, 4) is 51.8 Å². The molecule has 4 aromatic heterocycles. The van der Waals surface area contributed by atoms with Crippen molar-refractivity contribution in [2.24, 2.45) is 0 Å². The van der Waals surface area contributed by atoms with Crippen LogP contribution in [0.2, 0.25) is 5.02 Å². The number of nitriles is 1. The van der Waals surface area contributed by atoms with E-state index in [9.17, 15) is 8.78 Å². The molecule has 0 saturated carbocycles. The summed E-state index contributed by atoms with van der Waals surface area (Å²) in [5.74, 6) is -0.375. The molecule has 0 amide bonds. The SMILES string of the molecule is Fc1cc(Cl)cc(-c2nc(-c3ccccn3)co2)c1.N#Cc1cc(F)cc(-c2nc(-c3ccccn3)co2)c1. The van der Waals surface area contributed by atoms with Gasteiger partial charge in [-0.2, -0.15) is 5.26 Å². The largest absolute Gasteiger partial charge is 0.444 e. The summed E-state index contributed by atoms with van der Waals surface area (Å²) in [5.41, 5.74) is 3.65. The lowest BCUT2D eigenvalue weighted by atomic mass is 10.1. The molecule has 0 unspecified atom stereocenters. The molecule has 0 spiro atoms. The predicted octanol–water partition coefficient (Wildman–Crippen LogP) is 7.61. The summed E-state index contributed by atoms with van der Waals surface area (Å²) in [4.78, 5) is 16.9. The van der Waals surface area contributed by atoms with Gasteiger partial charge in [0.05, 0.1) is 23.0 Å². The maximum atomic E-state index is 13.4. The molecule has 6 aromatic rings. The first-order valence-corrected chi connectivity index (χ1v) is 11.8. The summed E-state index contributed by atoms with van der Waals surface area (Å²) >= 11 is 5.80. The monoisotopic (exact) mass is 539 g/mol. The minimum Gasteiger partial charge on any atom is -0.444 e. The zero-order chi connectivity index (χ0) is 27.2. The van der Waals surface area contributed by atoms with Crippen LogP contribution >= 0.6 is 11.6 Å². The summed E-state index contributed by atoms with van der Waals surface area (Å²) in [6.07, 6.45) is 6.26. The highest BCUT2D eigenvalue weighted by Gasteiger charge is 2.12. The topological polar surface area (TPSA) is 102 Å². The van der Waals surface area contributed by atoms with E-state index in [1.54, 1.807) is 30.6 Å². The second-order valence-corrected chi connectivity index (χ2v) is 8.44. The van der Waals surface area contributed by atoms with E-state index >= 15 is 0 Å². The van der Waals surface area contributed by atoms with Crippen LogP contribution in [0.15, 0.2) is 107 Å². The Hall–Kier alpha value is -5.20. The lowest BCUT2D eigenvalue weighted by Crippen LogP contribution is -1.85. The predicted molar refractivity (Wildman–Crippen MR) is 140 cm³/mol. The average Bonchev–Trinajstić information content (AvgIpc) is 3.65. The van der Waals surface area contributed by atoms with Crippen molar-refractivity contribution in [2.45, 2.75) is 0 Å². The maximum Gasteiger partial charge on any atom is 0.226 e. The van der Waals surface area contributed by atoms with Crippen LogP contribution in [-0.4, -0.2) is 19.9 Å². The van der Waals surface area contributed by atoms with Gasteiger partial charge in [0, 0.05) is 28.5 Å². The number of hydrogen-bond acceptors (Lipinski definition) is 7. The summed E-state index contributed by atoms with van der Waals surface area (Å²) in [6, 6.07) is 20.9. The summed E-state index contributed by atoms with van der Waals surface area (Å²) in [6.45, 7) is 0. The molecule has 39 heavy (non-hydrogen) atoms. The second kappa shape index (κ2) is 11.5. The van der Waals surface area contributed by atoms with Crippen molar-refractivity contribution in [3.05, 3.63) is 120 Å². The normalized spacial score (nSPS) is 10.4. The Bertz CT molecular complexity index is 1750. The Morgan fingerprint density at radius 1 is 0.667 bits per heavy atom. The Morgan fingerprint density at radius 2 is 1.21 bits per heavy atom. The van der Waals surface area contributed by atoms with Gasteiger partial charge in [0.15, 0.2) is 0 Å². The van der Waals surface area contributed by atoms with Gasteiger partial charge in [0.1, 0.15) is 35.5 Å².